The van der Waals surface area contributed by atoms with E-state index < -0.39 is 22.8 Å². The van der Waals surface area contributed by atoms with Crippen molar-refractivity contribution in [3.8, 4) is 17.1 Å². The van der Waals surface area contributed by atoms with E-state index in [1.54, 1.807) is 33.2 Å². The van der Waals surface area contributed by atoms with Crippen LogP contribution in [0.15, 0.2) is 40.3 Å². The average molecular weight is 854 g/mol. The quantitative estimate of drug-likeness (QED) is 0.220. The summed E-state index contributed by atoms with van der Waals surface area (Å²) in [6.07, 6.45) is 9.12. The van der Waals surface area contributed by atoms with E-state index in [2.05, 4.69) is 79.0 Å². The van der Waals surface area contributed by atoms with Crippen LogP contribution in [-0.4, -0.2) is 71.1 Å². The van der Waals surface area contributed by atoms with Gasteiger partial charge < -0.3 is 24.0 Å². The van der Waals surface area contributed by atoms with Gasteiger partial charge in [-0.2, -0.15) is 0 Å². The number of ketones is 1. The molecule has 2 aromatic heterocycles. The SMILES string of the molecule is COc1ccc(-c2cc(=O)c(C)c(C34CCC5(C)C(C)(CCC6C7(C)CCC(OC(=O)CC(C)(C)C(=O)O)C(C)(C)C7CCC65C)C3=C(C(C)C)C(=O)C4)n2CCN(C)C)nc1. The van der Waals surface area contributed by atoms with E-state index in [0.717, 1.165) is 80.4 Å². The summed E-state index contributed by atoms with van der Waals surface area (Å²) in [5, 5.41) is 9.72. The zero-order chi connectivity index (χ0) is 45.7. The first kappa shape index (κ1) is 46.2. The monoisotopic (exact) mass is 854 g/mol. The van der Waals surface area contributed by atoms with E-state index in [9.17, 15) is 24.3 Å². The Morgan fingerprint density at radius 1 is 0.968 bits per heavy atom. The number of likely N-dealkylation sites (N-methyl/N-ethyl adjacent to an activating group) is 1. The van der Waals surface area contributed by atoms with Crippen LogP contribution < -0.4 is 10.2 Å². The number of Topliss-reactive ketones (excluding diaryl/α,β-unsaturated/α-hetero) is 1. The number of carbonyl (C=O) groups is 3. The van der Waals surface area contributed by atoms with Crippen molar-refractivity contribution < 1.29 is 29.0 Å². The maximum absolute atomic E-state index is 14.9. The number of pyridine rings is 2. The Morgan fingerprint density at radius 3 is 2.24 bits per heavy atom. The molecule has 340 valence electrons. The number of allylic oxidation sites excluding steroid dienone is 2. The third-order valence-electron chi connectivity index (χ3n) is 18.5. The molecule has 8 atom stereocenters. The van der Waals surface area contributed by atoms with Crippen molar-refractivity contribution in [3.63, 3.8) is 0 Å². The second-order valence-electron chi connectivity index (χ2n) is 23.0. The summed E-state index contributed by atoms with van der Waals surface area (Å²) < 4.78 is 14.1. The molecule has 0 aliphatic heterocycles. The minimum atomic E-state index is -1.19. The second kappa shape index (κ2) is 15.4. The van der Waals surface area contributed by atoms with Crippen LogP contribution in [0.3, 0.4) is 0 Å². The Labute approximate surface area is 370 Å². The smallest absolute Gasteiger partial charge is 0.309 e. The topological polar surface area (TPSA) is 128 Å². The normalized spacial score (nSPS) is 34.1. The van der Waals surface area contributed by atoms with Gasteiger partial charge in [0.15, 0.2) is 11.2 Å². The van der Waals surface area contributed by atoms with Gasteiger partial charge in [0.2, 0.25) is 0 Å². The molecule has 4 fully saturated rings. The predicted octanol–water partition coefficient (Wildman–Crippen LogP) is 9.82. The number of fused-ring (bicyclic) bond motifs is 7. The maximum Gasteiger partial charge on any atom is 0.309 e. The summed E-state index contributed by atoms with van der Waals surface area (Å²) in [6, 6.07) is 5.58. The maximum atomic E-state index is 14.9. The molecule has 5 aliphatic carbocycles. The van der Waals surface area contributed by atoms with Gasteiger partial charge >= 0.3 is 11.9 Å². The molecule has 10 heteroatoms. The Kier molecular flexibility index (Phi) is 11.5. The third kappa shape index (κ3) is 6.68. The van der Waals surface area contributed by atoms with Gasteiger partial charge in [-0.1, -0.05) is 55.4 Å². The molecule has 1 N–H and O–H groups in total. The first-order chi connectivity index (χ1) is 28.8. The highest BCUT2D eigenvalue weighted by Gasteiger charge is 2.74. The predicted molar refractivity (Wildman–Crippen MR) is 243 cm³/mol. The number of carboxylic acids is 1. The van der Waals surface area contributed by atoms with E-state index in [1.165, 1.54) is 5.57 Å². The summed E-state index contributed by atoms with van der Waals surface area (Å²) in [6.45, 7) is 25.6. The Hall–Kier alpha value is -3.79. The number of carbonyl (C=O) groups excluding carboxylic acids is 2. The lowest BCUT2D eigenvalue weighted by Gasteiger charge is -2.75. The fourth-order valence-corrected chi connectivity index (χ4v) is 15.0. The van der Waals surface area contributed by atoms with E-state index in [1.807, 2.05) is 19.1 Å². The van der Waals surface area contributed by atoms with Crippen LogP contribution in [0.4, 0.5) is 0 Å². The first-order valence-corrected chi connectivity index (χ1v) is 23.4. The number of carboxylic acid groups (broad SMARTS) is 1. The standard InChI is InChI=1S/C52H75N3O7/c1-31(2)42-37(57)28-52(44-32(3)36(56)27-35(55(44)26-25-54(12)13)34-16-15-33(61-14)30-53-34)24-23-51(11)49(9)21-17-38-47(6,7)40(62-41(58)29-46(4,5)45(59)60)19-20-48(38,8)39(49)18-22-50(51,10)43(42)52/h15-16,27,30-31,38-40H,17-26,28-29H2,1-14H3,(H,59,60). The molecule has 0 bridgehead atoms. The number of nitrogens with zero attached hydrogens (tertiary/aromatic N) is 3. The van der Waals surface area contributed by atoms with Crippen LogP contribution >= 0.6 is 0 Å². The van der Waals surface area contributed by atoms with Crippen LogP contribution in [0.25, 0.3) is 11.4 Å². The number of hydrogen-bond acceptors (Lipinski definition) is 8. The Bertz CT molecular complexity index is 2240. The van der Waals surface area contributed by atoms with Gasteiger partial charge in [-0.15, -0.1) is 0 Å². The minimum absolute atomic E-state index is 0.00230. The number of ether oxygens (including phenoxy) is 2. The Morgan fingerprint density at radius 2 is 1.65 bits per heavy atom. The van der Waals surface area contributed by atoms with Gasteiger partial charge in [0.25, 0.3) is 0 Å². The van der Waals surface area contributed by atoms with E-state index >= 15 is 0 Å². The van der Waals surface area contributed by atoms with Gasteiger partial charge in [-0.3, -0.25) is 24.2 Å². The fourth-order valence-electron chi connectivity index (χ4n) is 15.0. The zero-order valence-corrected chi connectivity index (χ0v) is 40.3. The summed E-state index contributed by atoms with van der Waals surface area (Å²) >= 11 is 0. The molecule has 8 unspecified atom stereocenters. The fraction of sp³-hybridized carbons (Fsp3) is 0.712. The molecule has 10 nitrogen and oxygen atoms in total. The van der Waals surface area contributed by atoms with Crippen molar-refractivity contribution in [2.24, 2.45) is 50.2 Å². The molecular formula is C52H75N3O7. The molecule has 4 saturated carbocycles. The zero-order valence-electron chi connectivity index (χ0n) is 40.3. The molecule has 2 aromatic rings. The first-order valence-electron chi connectivity index (χ1n) is 23.4. The highest BCUT2D eigenvalue weighted by Crippen LogP contribution is 2.80. The number of methoxy groups -OCH3 is 1. The largest absolute Gasteiger partial charge is 0.495 e. The molecule has 0 amide bonds. The van der Waals surface area contributed by atoms with Crippen molar-refractivity contribution in [2.75, 3.05) is 27.7 Å². The van der Waals surface area contributed by atoms with Gasteiger partial charge in [0.1, 0.15) is 11.9 Å². The van der Waals surface area contributed by atoms with Crippen LogP contribution in [0, 0.1) is 57.2 Å². The van der Waals surface area contributed by atoms with Crippen molar-refractivity contribution in [1.82, 2.24) is 14.5 Å². The summed E-state index contributed by atoms with van der Waals surface area (Å²) in [4.78, 5) is 61.5. The second-order valence-corrected chi connectivity index (χ2v) is 23.0. The van der Waals surface area contributed by atoms with Crippen LogP contribution in [0.5, 0.6) is 5.75 Å². The van der Waals surface area contributed by atoms with Gasteiger partial charge in [0, 0.05) is 47.7 Å². The summed E-state index contributed by atoms with van der Waals surface area (Å²) in [5.41, 5.74) is 2.84. The number of aromatic nitrogens is 2. The van der Waals surface area contributed by atoms with E-state index in [-0.39, 0.29) is 56.7 Å². The van der Waals surface area contributed by atoms with E-state index in [4.69, 9.17) is 14.5 Å². The molecule has 0 saturated heterocycles. The summed E-state index contributed by atoms with van der Waals surface area (Å²) in [5.74, 6) is 0.226. The van der Waals surface area contributed by atoms with Crippen LogP contribution in [-0.2, 0) is 31.1 Å². The number of esters is 1. The summed E-state index contributed by atoms with van der Waals surface area (Å²) in [7, 11) is 5.77. The number of rotatable bonds is 11. The molecule has 0 aromatic carbocycles. The molecule has 5 aliphatic rings. The lowest BCUT2D eigenvalue weighted by molar-refractivity contribution is -0.247. The van der Waals surface area contributed by atoms with Crippen molar-refractivity contribution >= 4 is 17.7 Å². The van der Waals surface area contributed by atoms with Gasteiger partial charge in [0.05, 0.1) is 36.5 Å². The molecular weight excluding hydrogens is 779 g/mol. The molecule has 0 radical (unpaired) electrons. The van der Waals surface area contributed by atoms with Crippen molar-refractivity contribution in [2.45, 2.75) is 158 Å². The van der Waals surface area contributed by atoms with Gasteiger partial charge in [-0.25, -0.2) is 0 Å². The molecule has 2 heterocycles. The van der Waals surface area contributed by atoms with Crippen LogP contribution in [0.2, 0.25) is 0 Å². The number of hydrogen-bond donors (Lipinski definition) is 1. The lowest BCUT2D eigenvalue weighted by atomic mass is 9.29. The van der Waals surface area contributed by atoms with Gasteiger partial charge in [-0.05, 0) is 149 Å². The lowest BCUT2D eigenvalue weighted by Crippen LogP contribution is -2.68. The highest BCUT2D eigenvalue weighted by atomic mass is 16.5. The highest BCUT2D eigenvalue weighted by molar-refractivity contribution is 6.02. The van der Waals surface area contributed by atoms with Crippen LogP contribution in [0.1, 0.15) is 145 Å². The van der Waals surface area contributed by atoms with E-state index in [0.29, 0.717) is 36.2 Å². The molecule has 7 rings (SSSR count). The molecule has 62 heavy (non-hydrogen) atoms. The minimum Gasteiger partial charge on any atom is -0.495 e. The molecule has 0 spiro atoms. The average Bonchev–Trinajstić information content (AvgIpc) is 3.50. The third-order valence-corrected chi connectivity index (χ3v) is 18.5. The van der Waals surface area contributed by atoms with Crippen molar-refractivity contribution in [3.05, 3.63) is 57.0 Å². The number of aliphatic carboxylic acids is 1. The Balaban J connectivity index is 1.33. The van der Waals surface area contributed by atoms with Crippen molar-refractivity contribution in [1.29, 1.82) is 0 Å².